The van der Waals surface area contributed by atoms with Gasteiger partial charge in [-0.1, -0.05) is 48.5 Å². The van der Waals surface area contributed by atoms with Crippen molar-refractivity contribution >= 4 is 12.0 Å². The highest BCUT2D eigenvalue weighted by Crippen LogP contribution is 2.27. The highest BCUT2D eigenvalue weighted by Gasteiger charge is 2.17. The second-order valence-electron chi connectivity index (χ2n) is 7.68. The van der Waals surface area contributed by atoms with E-state index in [0.717, 1.165) is 28.2 Å². The number of nitrogens with one attached hydrogen (secondary N) is 1. The average Bonchev–Trinajstić information content (AvgIpc) is 3.00. The van der Waals surface area contributed by atoms with E-state index in [1.165, 1.54) is 11.1 Å². The lowest BCUT2D eigenvalue weighted by molar-refractivity contribution is -0.117. The third-order valence-corrected chi connectivity index (χ3v) is 5.45. The number of nitrogens with zero attached hydrogens (tertiary/aromatic N) is 2. The maximum Gasteiger partial charge on any atom is 0.262 e. The van der Waals surface area contributed by atoms with E-state index in [0.29, 0.717) is 0 Å². The number of carbonyl (C=O) groups excluding carboxylic acids is 1. The van der Waals surface area contributed by atoms with Crippen LogP contribution in [-0.2, 0) is 4.79 Å². The van der Waals surface area contributed by atoms with Gasteiger partial charge in [0.25, 0.3) is 5.91 Å². The first-order valence-electron chi connectivity index (χ1n) is 10.1. The Morgan fingerprint density at radius 2 is 1.67 bits per heavy atom. The lowest BCUT2D eigenvalue weighted by Crippen LogP contribution is -2.27. The number of aryl methyl sites for hydroxylation is 3. The van der Waals surface area contributed by atoms with E-state index in [9.17, 15) is 10.1 Å². The summed E-state index contributed by atoms with van der Waals surface area (Å²) in [6.07, 6.45) is 1.68. The van der Waals surface area contributed by atoms with Crippen molar-refractivity contribution in [3.05, 3.63) is 93.8 Å². The molecule has 0 unspecified atom stereocenters. The fourth-order valence-electron chi connectivity index (χ4n) is 3.84. The molecule has 4 nitrogen and oxygen atoms in total. The van der Waals surface area contributed by atoms with Crippen molar-refractivity contribution in [1.82, 2.24) is 9.88 Å². The van der Waals surface area contributed by atoms with Crippen LogP contribution in [0.3, 0.4) is 0 Å². The molecule has 1 aromatic heterocycles. The average molecular weight is 398 g/mol. The summed E-state index contributed by atoms with van der Waals surface area (Å²) in [6, 6.07) is 19.9. The summed E-state index contributed by atoms with van der Waals surface area (Å²) in [5.41, 5.74) is 7.54. The second kappa shape index (κ2) is 8.84. The summed E-state index contributed by atoms with van der Waals surface area (Å²) < 4.78 is 2.19. The second-order valence-corrected chi connectivity index (χ2v) is 7.68. The number of aromatic nitrogens is 1. The van der Waals surface area contributed by atoms with Gasteiger partial charge >= 0.3 is 0 Å². The first kappa shape index (κ1) is 21.1. The number of para-hydroxylation sites is 1. The smallest absolute Gasteiger partial charge is 0.262 e. The normalized spacial score (nSPS) is 12.3. The van der Waals surface area contributed by atoms with E-state index in [4.69, 9.17) is 0 Å². The zero-order valence-electron chi connectivity index (χ0n) is 18.2. The SMILES string of the molecule is Cc1cccc(C)c1-n1c(C)cc(/C=C(\C#N)C(=O)N[C@@H](C)c2ccccc2)c1C. The topological polar surface area (TPSA) is 57.8 Å². The molecule has 30 heavy (non-hydrogen) atoms. The van der Waals surface area contributed by atoms with E-state index in [2.05, 4.69) is 48.0 Å². The minimum atomic E-state index is -0.370. The number of hydrogen-bond acceptors (Lipinski definition) is 2. The van der Waals surface area contributed by atoms with Gasteiger partial charge in [0, 0.05) is 11.4 Å². The largest absolute Gasteiger partial charge is 0.345 e. The van der Waals surface area contributed by atoms with Gasteiger partial charge in [-0.2, -0.15) is 5.26 Å². The Hall–Kier alpha value is -3.58. The minimum absolute atomic E-state index is 0.0968. The molecule has 1 atom stereocenters. The van der Waals surface area contributed by atoms with Gasteiger partial charge in [-0.15, -0.1) is 0 Å². The number of rotatable bonds is 5. The molecular weight excluding hydrogens is 370 g/mol. The molecule has 1 heterocycles. The Morgan fingerprint density at radius 3 is 2.27 bits per heavy atom. The quantitative estimate of drug-likeness (QED) is 0.457. The van der Waals surface area contributed by atoms with Gasteiger partial charge in [0.1, 0.15) is 11.6 Å². The van der Waals surface area contributed by atoms with Crippen LogP contribution in [0.25, 0.3) is 11.8 Å². The Balaban J connectivity index is 1.94. The maximum atomic E-state index is 12.7. The number of benzene rings is 2. The van der Waals surface area contributed by atoms with Crippen LogP contribution in [0, 0.1) is 39.0 Å². The van der Waals surface area contributed by atoms with Crippen molar-refractivity contribution in [2.24, 2.45) is 0 Å². The Bertz CT molecular complexity index is 1130. The molecular formula is C26H27N3O. The third-order valence-electron chi connectivity index (χ3n) is 5.45. The third kappa shape index (κ3) is 4.21. The standard InChI is InChI=1S/C26H27N3O/c1-17-10-9-11-18(2)25(17)29-19(3)14-23(21(29)5)15-24(16-27)26(30)28-20(4)22-12-7-6-8-13-22/h6-15,20H,1-5H3,(H,28,30)/b24-15+/t20-/m0/s1. The lowest BCUT2D eigenvalue weighted by atomic mass is 10.1. The summed E-state index contributed by atoms with van der Waals surface area (Å²) >= 11 is 0. The molecule has 2 aromatic carbocycles. The molecule has 0 radical (unpaired) electrons. The van der Waals surface area contributed by atoms with E-state index in [1.54, 1.807) is 6.08 Å². The zero-order chi connectivity index (χ0) is 21.8. The molecule has 4 heteroatoms. The van der Waals surface area contributed by atoms with Crippen molar-refractivity contribution in [1.29, 1.82) is 5.26 Å². The molecule has 0 aliphatic carbocycles. The summed E-state index contributed by atoms with van der Waals surface area (Å²) in [4.78, 5) is 12.7. The van der Waals surface area contributed by atoms with Crippen LogP contribution in [0.1, 0.15) is 46.6 Å². The fourth-order valence-corrected chi connectivity index (χ4v) is 3.84. The molecule has 3 rings (SSSR count). The minimum Gasteiger partial charge on any atom is -0.345 e. The molecule has 1 N–H and O–H groups in total. The Labute approximate surface area is 178 Å². The van der Waals surface area contributed by atoms with Gasteiger partial charge < -0.3 is 9.88 Å². The number of nitriles is 1. The van der Waals surface area contributed by atoms with Crippen molar-refractivity contribution in [2.45, 2.75) is 40.7 Å². The van der Waals surface area contributed by atoms with E-state index in [-0.39, 0.29) is 17.5 Å². The number of amides is 1. The van der Waals surface area contributed by atoms with Crippen LogP contribution in [0.2, 0.25) is 0 Å². The van der Waals surface area contributed by atoms with E-state index in [1.807, 2.05) is 57.2 Å². The van der Waals surface area contributed by atoms with Gasteiger partial charge in [-0.05, 0) is 69.0 Å². The summed E-state index contributed by atoms with van der Waals surface area (Å²) in [5, 5.41) is 12.5. The van der Waals surface area contributed by atoms with Crippen LogP contribution in [0.5, 0.6) is 0 Å². The first-order chi connectivity index (χ1) is 14.3. The van der Waals surface area contributed by atoms with Crippen LogP contribution in [0.15, 0.2) is 60.2 Å². The highest BCUT2D eigenvalue weighted by atomic mass is 16.1. The predicted molar refractivity (Wildman–Crippen MR) is 121 cm³/mol. The van der Waals surface area contributed by atoms with Gasteiger partial charge in [0.15, 0.2) is 0 Å². The van der Waals surface area contributed by atoms with Gasteiger partial charge in [-0.25, -0.2) is 0 Å². The molecule has 1 amide bonds. The van der Waals surface area contributed by atoms with Gasteiger partial charge in [-0.3, -0.25) is 4.79 Å². The maximum absolute atomic E-state index is 12.7. The molecule has 0 fully saturated rings. The number of hydrogen-bond donors (Lipinski definition) is 1. The summed E-state index contributed by atoms with van der Waals surface area (Å²) in [7, 11) is 0. The summed E-state index contributed by atoms with van der Waals surface area (Å²) in [5.74, 6) is -0.370. The molecule has 0 aliphatic heterocycles. The molecule has 152 valence electrons. The Morgan fingerprint density at radius 1 is 1.03 bits per heavy atom. The molecule has 0 aliphatic rings. The number of carbonyl (C=O) groups is 1. The van der Waals surface area contributed by atoms with Crippen molar-refractivity contribution in [2.75, 3.05) is 0 Å². The molecule has 0 saturated heterocycles. The van der Waals surface area contributed by atoms with Crippen molar-refractivity contribution in [3.8, 4) is 11.8 Å². The van der Waals surface area contributed by atoms with Gasteiger partial charge in [0.05, 0.1) is 11.7 Å². The van der Waals surface area contributed by atoms with Crippen LogP contribution in [0.4, 0.5) is 0 Å². The van der Waals surface area contributed by atoms with Crippen LogP contribution < -0.4 is 5.32 Å². The Kier molecular flexibility index (Phi) is 6.23. The highest BCUT2D eigenvalue weighted by molar-refractivity contribution is 6.02. The van der Waals surface area contributed by atoms with Crippen molar-refractivity contribution in [3.63, 3.8) is 0 Å². The molecule has 0 spiro atoms. The fraction of sp³-hybridized carbons (Fsp3) is 0.231. The monoisotopic (exact) mass is 397 g/mol. The van der Waals surface area contributed by atoms with Gasteiger partial charge in [0.2, 0.25) is 0 Å². The van der Waals surface area contributed by atoms with Crippen molar-refractivity contribution < 1.29 is 4.79 Å². The van der Waals surface area contributed by atoms with E-state index >= 15 is 0 Å². The van der Waals surface area contributed by atoms with Crippen LogP contribution >= 0.6 is 0 Å². The molecule has 0 saturated carbocycles. The lowest BCUT2D eigenvalue weighted by Gasteiger charge is -2.16. The van der Waals surface area contributed by atoms with Crippen LogP contribution in [-0.4, -0.2) is 10.5 Å². The van der Waals surface area contributed by atoms with E-state index < -0.39 is 0 Å². The summed E-state index contributed by atoms with van der Waals surface area (Å²) in [6.45, 7) is 10.2. The zero-order valence-corrected chi connectivity index (χ0v) is 18.2. The molecule has 3 aromatic rings. The first-order valence-corrected chi connectivity index (χ1v) is 10.1. The predicted octanol–water partition coefficient (Wildman–Crippen LogP) is 5.50. The molecule has 0 bridgehead atoms.